The fourth-order valence-corrected chi connectivity index (χ4v) is 8.83. The lowest BCUT2D eigenvalue weighted by atomic mass is 9.84. The molecule has 0 spiro atoms. The van der Waals surface area contributed by atoms with Crippen LogP contribution in [0.4, 0.5) is 10.5 Å². The monoisotopic (exact) mass is 758 g/mol. The van der Waals surface area contributed by atoms with Gasteiger partial charge in [-0.25, -0.2) is 9.59 Å². The quantitative estimate of drug-likeness (QED) is 0.0638. The third-order valence-electron chi connectivity index (χ3n) is 9.95. The van der Waals surface area contributed by atoms with E-state index in [-0.39, 0.29) is 31.6 Å². The Labute approximate surface area is 332 Å². The maximum atomic E-state index is 14.1. The first-order valence-electron chi connectivity index (χ1n) is 18.6. The molecular formula is C48H42N2O5S. The van der Waals surface area contributed by atoms with E-state index in [9.17, 15) is 14.4 Å². The van der Waals surface area contributed by atoms with Crippen molar-refractivity contribution in [1.29, 1.82) is 0 Å². The first kappa shape index (κ1) is 37.9. The molecule has 0 unspecified atom stereocenters. The highest BCUT2D eigenvalue weighted by Crippen LogP contribution is 2.48. The first-order valence-corrected chi connectivity index (χ1v) is 19.6. The van der Waals surface area contributed by atoms with Gasteiger partial charge in [-0.3, -0.25) is 4.79 Å². The number of nitrogens with one attached hydrogen (secondary N) is 1. The van der Waals surface area contributed by atoms with E-state index in [0.29, 0.717) is 23.5 Å². The van der Waals surface area contributed by atoms with Gasteiger partial charge in [0, 0.05) is 23.9 Å². The second-order valence-electron chi connectivity index (χ2n) is 13.3. The molecule has 2 amide bonds. The van der Waals surface area contributed by atoms with Crippen LogP contribution in [0.5, 0.6) is 0 Å². The van der Waals surface area contributed by atoms with Gasteiger partial charge >= 0.3 is 12.1 Å². The van der Waals surface area contributed by atoms with Crippen molar-refractivity contribution in [3.05, 3.63) is 210 Å². The van der Waals surface area contributed by atoms with Gasteiger partial charge in [-0.15, -0.1) is 11.8 Å². The number of carbonyl (C=O) groups excluding carboxylic acids is 3. The van der Waals surface area contributed by atoms with Gasteiger partial charge < -0.3 is 19.7 Å². The van der Waals surface area contributed by atoms with Crippen molar-refractivity contribution >= 4 is 35.4 Å². The highest BCUT2D eigenvalue weighted by molar-refractivity contribution is 8.00. The molecule has 0 saturated heterocycles. The molecule has 0 saturated carbocycles. The van der Waals surface area contributed by atoms with Gasteiger partial charge in [-0.05, 0) is 63.2 Å². The van der Waals surface area contributed by atoms with Crippen LogP contribution >= 0.6 is 11.8 Å². The third kappa shape index (κ3) is 8.16. The van der Waals surface area contributed by atoms with E-state index in [1.807, 2.05) is 78.9 Å². The van der Waals surface area contributed by atoms with Crippen molar-refractivity contribution in [2.45, 2.75) is 10.7 Å². The molecule has 0 atom stereocenters. The Kier molecular flexibility index (Phi) is 12.1. The third-order valence-corrected chi connectivity index (χ3v) is 11.5. The van der Waals surface area contributed by atoms with Crippen molar-refractivity contribution in [2.24, 2.45) is 0 Å². The molecule has 280 valence electrons. The number of ether oxygens (including phenoxy) is 2. The summed E-state index contributed by atoms with van der Waals surface area (Å²) in [6.07, 6.45) is 0.833. The van der Waals surface area contributed by atoms with Crippen molar-refractivity contribution in [1.82, 2.24) is 5.32 Å². The number of rotatable bonds is 15. The number of esters is 1. The molecule has 0 heterocycles. The van der Waals surface area contributed by atoms with Gasteiger partial charge in [0.2, 0.25) is 5.91 Å². The summed E-state index contributed by atoms with van der Waals surface area (Å²) in [5.74, 6) is -0.391. The Morgan fingerprint density at radius 2 is 1.16 bits per heavy atom. The Balaban J connectivity index is 1.10. The number of hydrogen-bond acceptors (Lipinski definition) is 6. The summed E-state index contributed by atoms with van der Waals surface area (Å²) in [5, 5.41) is 2.70. The van der Waals surface area contributed by atoms with Crippen LogP contribution in [0.3, 0.4) is 0 Å². The van der Waals surface area contributed by atoms with Crippen LogP contribution in [0.1, 0.15) is 44.1 Å². The number of hydrogen-bond donors (Lipinski definition) is 1. The van der Waals surface area contributed by atoms with Crippen LogP contribution < -0.4 is 10.2 Å². The average Bonchev–Trinajstić information content (AvgIpc) is 3.58. The number of fused-ring (bicyclic) bond motifs is 3. The van der Waals surface area contributed by atoms with Gasteiger partial charge in [0.25, 0.3) is 0 Å². The predicted octanol–water partition coefficient (Wildman–Crippen LogP) is 9.63. The molecule has 0 aliphatic heterocycles. The molecule has 0 fully saturated rings. The fraction of sp³-hybridized carbons (Fsp3) is 0.146. The van der Waals surface area contributed by atoms with Gasteiger partial charge in [-0.1, -0.05) is 152 Å². The molecule has 0 radical (unpaired) electrons. The van der Waals surface area contributed by atoms with Crippen molar-refractivity contribution in [3.8, 4) is 11.1 Å². The zero-order valence-electron chi connectivity index (χ0n) is 30.9. The fourth-order valence-electron chi connectivity index (χ4n) is 7.34. The van der Waals surface area contributed by atoms with E-state index in [4.69, 9.17) is 9.47 Å². The van der Waals surface area contributed by atoms with E-state index in [2.05, 4.69) is 72.6 Å². The highest BCUT2D eigenvalue weighted by Gasteiger charge is 2.37. The zero-order valence-corrected chi connectivity index (χ0v) is 31.7. The lowest BCUT2D eigenvalue weighted by molar-refractivity contribution is -0.117. The van der Waals surface area contributed by atoms with Gasteiger partial charge in [-0.2, -0.15) is 0 Å². The van der Waals surface area contributed by atoms with Gasteiger partial charge in [0.15, 0.2) is 0 Å². The van der Waals surface area contributed by atoms with Crippen molar-refractivity contribution < 1.29 is 23.9 Å². The SMILES string of the molecule is C=CCOC(=O)c1ccc(N(CCSC(c2ccccc2)(c2ccccc2)c2ccccc2)C(=O)CNC(=O)OCC2c3ccccc3-c3ccccc32)cc1. The van der Waals surface area contributed by atoms with Crippen LogP contribution in [-0.4, -0.2) is 50.0 Å². The number of alkyl carbamates (subject to hydrolysis) is 1. The Morgan fingerprint density at radius 3 is 1.68 bits per heavy atom. The molecule has 0 aromatic heterocycles. The maximum absolute atomic E-state index is 14.1. The lowest BCUT2D eigenvalue weighted by Crippen LogP contribution is -2.42. The molecule has 1 N–H and O–H groups in total. The predicted molar refractivity (Wildman–Crippen MR) is 224 cm³/mol. The topological polar surface area (TPSA) is 84.9 Å². The van der Waals surface area contributed by atoms with Crippen LogP contribution in [0.25, 0.3) is 11.1 Å². The van der Waals surface area contributed by atoms with E-state index in [1.54, 1.807) is 40.9 Å². The molecule has 8 heteroatoms. The largest absolute Gasteiger partial charge is 0.458 e. The molecular weight excluding hydrogens is 717 g/mol. The minimum atomic E-state index is -0.675. The second-order valence-corrected chi connectivity index (χ2v) is 14.6. The summed E-state index contributed by atoms with van der Waals surface area (Å²) in [7, 11) is 0. The minimum Gasteiger partial charge on any atom is -0.458 e. The number of benzene rings is 6. The molecule has 0 bridgehead atoms. The van der Waals surface area contributed by atoms with Crippen LogP contribution in [0.15, 0.2) is 176 Å². The highest BCUT2D eigenvalue weighted by atomic mass is 32.2. The van der Waals surface area contributed by atoms with Crippen LogP contribution in [0.2, 0.25) is 0 Å². The first-order chi connectivity index (χ1) is 27.5. The second kappa shape index (κ2) is 17.8. The standard InChI is InChI=1S/C48H42N2O5S/c1-2-31-54-46(52)35-26-28-39(29-27-35)50(45(51)33-49-47(53)55-34-44-42-24-14-12-22-40(42)41-23-13-15-25-43(41)44)30-32-56-48(36-16-6-3-7-17-36,37-18-8-4-9-19-37)38-20-10-5-11-21-38/h2-29,44H,1,30-34H2,(H,49,53). The molecule has 6 aromatic carbocycles. The normalized spacial score (nSPS) is 11.9. The molecule has 56 heavy (non-hydrogen) atoms. The molecule has 6 aromatic rings. The minimum absolute atomic E-state index is 0.0932. The maximum Gasteiger partial charge on any atom is 0.407 e. The summed E-state index contributed by atoms with van der Waals surface area (Å²) < 4.78 is 10.4. The zero-order chi connectivity index (χ0) is 38.7. The van der Waals surface area contributed by atoms with Crippen molar-refractivity contribution in [2.75, 3.05) is 37.0 Å². The summed E-state index contributed by atoms with van der Waals surface area (Å²) in [6.45, 7) is 3.86. The van der Waals surface area contributed by atoms with Crippen LogP contribution in [0, 0.1) is 0 Å². The van der Waals surface area contributed by atoms with E-state index in [1.165, 1.54) is 6.08 Å². The summed E-state index contributed by atoms with van der Waals surface area (Å²) in [4.78, 5) is 41.4. The number of carbonyl (C=O) groups is 3. The smallest absolute Gasteiger partial charge is 0.407 e. The molecule has 1 aliphatic carbocycles. The van der Waals surface area contributed by atoms with E-state index in [0.717, 1.165) is 38.9 Å². The molecule has 7 nitrogen and oxygen atoms in total. The Hall–Kier alpha value is -6.38. The number of amides is 2. The summed E-state index contributed by atoms with van der Waals surface area (Å²) in [5.41, 5.74) is 8.75. The Bertz CT molecular complexity index is 2140. The van der Waals surface area contributed by atoms with E-state index >= 15 is 0 Å². The van der Waals surface area contributed by atoms with Gasteiger partial charge in [0.1, 0.15) is 19.8 Å². The summed E-state index contributed by atoms with van der Waals surface area (Å²) in [6, 6.07) is 54.1. The molecule has 7 rings (SSSR count). The molecule has 1 aliphatic rings. The summed E-state index contributed by atoms with van der Waals surface area (Å²) >= 11 is 1.73. The van der Waals surface area contributed by atoms with E-state index < -0.39 is 16.8 Å². The number of anilines is 1. The number of thioether (sulfide) groups is 1. The van der Waals surface area contributed by atoms with Crippen LogP contribution in [-0.2, 0) is 19.0 Å². The number of nitrogens with zero attached hydrogens (tertiary/aromatic N) is 1. The van der Waals surface area contributed by atoms with Crippen molar-refractivity contribution in [3.63, 3.8) is 0 Å². The average molecular weight is 759 g/mol. The van der Waals surface area contributed by atoms with Gasteiger partial charge in [0.05, 0.1) is 10.3 Å². The lowest BCUT2D eigenvalue weighted by Gasteiger charge is -2.36. The Morgan fingerprint density at radius 1 is 0.661 bits per heavy atom.